The fraction of sp³-hybridized carbons (Fsp3) is 0.0909. The van der Waals surface area contributed by atoms with Crippen molar-refractivity contribution in [2.24, 2.45) is 0 Å². The lowest BCUT2D eigenvalue weighted by Gasteiger charge is -2.04. The van der Waals surface area contributed by atoms with E-state index in [1.807, 2.05) is 6.07 Å². The van der Waals surface area contributed by atoms with Gasteiger partial charge in [-0.25, -0.2) is 0 Å². The Bertz CT molecular complexity index is 555. The maximum atomic E-state index is 11.5. The highest BCUT2D eigenvalue weighted by molar-refractivity contribution is 9.10. The molecule has 0 bridgehead atoms. The molecule has 88 valence electrons. The third-order valence-corrected chi connectivity index (χ3v) is 3.84. The molecule has 0 unspecified atom stereocenters. The molecule has 0 spiro atoms. The number of aromatic hydroxyl groups is 1. The van der Waals surface area contributed by atoms with Gasteiger partial charge in [-0.05, 0) is 30.7 Å². The van der Waals surface area contributed by atoms with Crippen molar-refractivity contribution in [2.75, 3.05) is 0 Å². The minimum absolute atomic E-state index is 0.173. The van der Waals surface area contributed by atoms with Crippen molar-refractivity contribution < 1.29 is 9.90 Å². The third kappa shape index (κ3) is 2.70. The van der Waals surface area contributed by atoms with E-state index in [2.05, 4.69) is 21.2 Å². The van der Waals surface area contributed by atoms with E-state index >= 15 is 0 Å². The van der Waals surface area contributed by atoms with Crippen molar-refractivity contribution >= 4 is 56.2 Å². The molecule has 1 heterocycles. The standard InChI is InChI=1S/C11H8BrNO2S2/c1-5-2-7(12)3-6(9(5)14)4-8-10(15)13-11(16)17-8/h2-4,14H,1H3,(H,13,15,16). The molecule has 3 nitrogen and oxygen atoms in total. The average molecular weight is 330 g/mol. The second kappa shape index (κ2) is 4.80. The number of benzene rings is 1. The van der Waals surface area contributed by atoms with E-state index in [0.717, 1.165) is 10.0 Å². The van der Waals surface area contributed by atoms with Crippen LogP contribution in [0.3, 0.4) is 0 Å². The van der Waals surface area contributed by atoms with Crippen LogP contribution in [0.2, 0.25) is 0 Å². The lowest BCUT2D eigenvalue weighted by Crippen LogP contribution is -2.17. The number of carbonyl (C=O) groups excluding carboxylic acids is 1. The molecule has 1 saturated heterocycles. The van der Waals surface area contributed by atoms with Crippen LogP contribution in [0.5, 0.6) is 5.75 Å². The van der Waals surface area contributed by atoms with Crippen molar-refractivity contribution in [2.45, 2.75) is 6.92 Å². The summed E-state index contributed by atoms with van der Waals surface area (Å²) in [4.78, 5) is 12.0. The fourth-order valence-electron chi connectivity index (χ4n) is 1.43. The Kier molecular flexibility index (Phi) is 3.56. The summed E-state index contributed by atoms with van der Waals surface area (Å²) in [7, 11) is 0. The molecule has 0 atom stereocenters. The van der Waals surface area contributed by atoms with E-state index in [-0.39, 0.29) is 11.7 Å². The van der Waals surface area contributed by atoms with Crippen LogP contribution < -0.4 is 5.32 Å². The predicted octanol–water partition coefficient (Wildman–Crippen LogP) is 2.95. The molecule has 1 fully saturated rings. The number of amides is 1. The Morgan fingerprint density at radius 3 is 2.82 bits per heavy atom. The molecule has 6 heteroatoms. The number of aryl methyl sites for hydroxylation is 1. The third-order valence-electron chi connectivity index (χ3n) is 2.22. The molecule has 0 aliphatic carbocycles. The van der Waals surface area contributed by atoms with Crippen molar-refractivity contribution in [1.82, 2.24) is 5.32 Å². The smallest absolute Gasteiger partial charge is 0.263 e. The number of phenolic OH excluding ortho intramolecular Hbond substituents is 1. The molecule has 1 aliphatic rings. The number of nitrogens with one attached hydrogen (secondary N) is 1. The van der Waals surface area contributed by atoms with Gasteiger partial charge in [0.1, 0.15) is 10.1 Å². The lowest BCUT2D eigenvalue weighted by molar-refractivity contribution is -0.115. The second-order valence-electron chi connectivity index (χ2n) is 3.51. The normalized spacial score (nSPS) is 17.6. The van der Waals surface area contributed by atoms with Crippen LogP contribution in [0.15, 0.2) is 21.5 Å². The Morgan fingerprint density at radius 2 is 2.24 bits per heavy atom. The highest BCUT2D eigenvalue weighted by Crippen LogP contribution is 2.32. The molecular formula is C11H8BrNO2S2. The summed E-state index contributed by atoms with van der Waals surface area (Å²) >= 11 is 9.44. The number of thiocarbonyl (C=S) groups is 1. The van der Waals surface area contributed by atoms with Gasteiger partial charge in [0.25, 0.3) is 5.91 Å². The van der Waals surface area contributed by atoms with Crippen LogP contribution in [0.1, 0.15) is 11.1 Å². The summed E-state index contributed by atoms with van der Waals surface area (Å²) in [6, 6.07) is 3.56. The first-order chi connectivity index (χ1) is 7.97. The first-order valence-corrected chi connectivity index (χ1v) is 6.73. The lowest BCUT2D eigenvalue weighted by atomic mass is 10.1. The molecule has 0 saturated carbocycles. The molecule has 1 aromatic rings. The molecule has 1 amide bonds. The first kappa shape index (κ1) is 12.6. The predicted molar refractivity (Wildman–Crippen MR) is 76.9 cm³/mol. The summed E-state index contributed by atoms with van der Waals surface area (Å²) in [5.41, 5.74) is 1.34. The van der Waals surface area contributed by atoms with Gasteiger partial charge in [0.15, 0.2) is 0 Å². The van der Waals surface area contributed by atoms with Crippen LogP contribution in [0, 0.1) is 6.92 Å². The van der Waals surface area contributed by atoms with Crippen LogP contribution in [-0.4, -0.2) is 15.3 Å². The van der Waals surface area contributed by atoms with Crippen molar-refractivity contribution in [1.29, 1.82) is 0 Å². The molecule has 17 heavy (non-hydrogen) atoms. The van der Waals surface area contributed by atoms with Gasteiger partial charge in [0.05, 0.1) is 4.91 Å². The quantitative estimate of drug-likeness (QED) is 0.614. The SMILES string of the molecule is Cc1cc(Br)cc(C=C2SC(=S)NC2=O)c1O. The zero-order chi connectivity index (χ0) is 12.6. The fourth-order valence-corrected chi connectivity index (χ4v) is 3.06. The Morgan fingerprint density at radius 1 is 1.53 bits per heavy atom. The highest BCUT2D eigenvalue weighted by Gasteiger charge is 2.22. The molecule has 1 aliphatic heterocycles. The summed E-state index contributed by atoms with van der Waals surface area (Å²) < 4.78 is 1.29. The van der Waals surface area contributed by atoms with Crippen molar-refractivity contribution in [3.63, 3.8) is 0 Å². The average Bonchev–Trinajstić information content (AvgIpc) is 2.53. The molecular weight excluding hydrogens is 322 g/mol. The van der Waals surface area contributed by atoms with Gasteiger partial charge in [-0.3, -0.25) is 4.79 Å². The van der Waals surface area contributed by atoms with Crippen LogP contribution in [0.4, 0.5) is 0 Å². The van der Waals surface area contributed by atoms with Crippen molar-refractivity contribution in [3.05, 3.63) is 32.6 Å². The van der Waals surface area contributed by atoms with Crippen LogP contribution in [-0.2, 0) is 4.79 Å². The maximum absolute atomic E-state index is 11.5. The number of rotatable bonds is 1. The number of phenols is 1. The van der Waals surface area contributed by atoms with Crippen LogP contribution in [0.25, 0.3) is 6.08 Å². The maximum Gasteiger partial charge on any atom is 0.263 e. The summed E-state index contributed by atoms with van der Waals surface area (Å²) in [5.74, 6) is -0.0519. The summed E-state index contributed by atoms with van der Waals surface area (Å²) in [6.07, 6.45) is 1.63. The van der Waals surface area contributed by atoms with E-state index in [1.54, 1.807) is 19.1 Å². The van der Waals surface area contributed by atoms with Gasteiger partial charge in [-0.2, -0.15) is 0 Å². The Hall–Kier alpha value is -0.850. The minimum Gasteiger partial charge on any atom is -0.507 e. The topological polar surface area (TPSA) is 49.3 Å². The summed E-state index contributed by atoms with van der Waals surface area (Å²) in [6.45, 7) is 1.80. The van der Waals surface area contributed by atoms with E-state index in [9.17, 15) is 9.90 Å². The monoisotopic (exact) mass is 329 g/mol. The zero-order valence-corrected chi connectivity index (χ0v) is 12.0. The van der Waals surface area contributed by atoms with Gasteiger partial charge in [-0.15, -0.1) is 0 Å². The summed E-state index contributed by atoms with van der Waals surface area (Å²) in [5, 5.41) is 12.4. The molecule has 2 N–H and O–H groups in total. The van der Waals surface area contributed by atoms with Gasteiger partial charge in [0.2, 0.25) is 0 Å². The highest BCUT2D eigenvalue weighted by atomic mass is 79.9. The number of hydrogen-bond acceptors (Lipinski definition) is 4. The van der Waals surface area contributed by atoms with E-state index in [4.69, 9.17) is 12.2 Å². The van der Waals surface area contributed by atoms with E-state index in [0.29, 0.717) is 14.8 Å². The van der Waals surface area contributed by atoms with E-state index < -0.39 is 0 Å². The minimum atomic E-state index is -0.225. The molecule has 0 radical (unpaired) electrons. The number of carbonyl (C=O) groups is 1. The van der Waals surface area contributed by atoms with Crippen molar-refractivity contribution in [3.8, 4) is 5.75 Å². The molecule has 0 aromatic heterocycles. The van der Waals surface area contributed by atoms with Crippen LogP contribution >= 0.6 is 39.9 Å². The molecule has 2 rings (SSSR count). The number of thioether (sulfide) groups is 1. The van der Waals surface area contributed by atoms with Gasteiger partial charge in [0, 0.05) is 10.0 Å². The second-order valence-corrected chi connectivity index (χ2v) is 6.15. The first-order valence-electron chi connectivity index (χ1n) is 4.71. The van der Waals surface area contributed by atoms with E-state index in [1.165, 1.54) is 11.8 Å². The van der Waals surface area contributed by atoms with Gasteiger partial charge < -0.3 is 10.4 Å². The van der Waals surface area contributed by atoms with Gasteiger partial charge >= 0.3 is 0 Å². The number of halogens is 1. The number of hydrogen-bond donors (Lipinski definition) is 2. The Balaban J connectivity index is 2.46. The van der Waals surface area contributed by atoms with Gasteiger partial charge in [-0.1, -0.05) is 39.9 Å². The largest absolute Gasteiger partial charge is 0.507 e. The Labute approximate surface area is 116 Å². The zero-order valence-electron chi connectivity index (χ0n) is 8.78. The molecule has 1 aromatic carbocycles.